The monoisotopic (exact) mass is 904 g/mol. The number of nitrogens with one attached hydrogen (secondary N) is 2. The molecule has 10 atom stereocenters. The van der Waals surface area contributed by atoms with Gasteiger partial charge in [0.25, 0.3) is 11.5 Å². The fourth-order valence-electron chi connectivity index (χ4n) is 7.30. The van der Waals surface area contributed by atoms with Crippen LogP contribution in [0.2, 0.25) is 18.1 Å². The molecule has 1 amide bonds. The molecule has 0 radical (unpaired) electrons. The Balaban J connectivity index is 1.12. The Hall–Kier alpha value is -3.60. The van der Waals surface area contributed by atoms with E-state index in [1.807, 2.05) is 33.9 Å². The van der Waals surface area contributed by atoms with E-state index in [0.29, 0.717) is 11.4 Å². The number of aryl methyl sites for hydroxylation is 1. The molecule has 322 valence electrons. The highest BCUT2D eigenvalue weighted by Crippen LogP contribution is 2.56. The molecule has 2 bridgehead atoms. The van der Waals surface area contributed by atoms with Gasteiger partial charge in [-0.15, -0.1) is 0 Å². The van der Waals surface area contributed by atoms with Crippen molar-refractivity contribution >= 4 is 68.6 Å². The molecule has 1 aromatic carbocycles. The van der Waals surface area contributed by atoms with Gasteiger partial charge in [0.15, 0.2) is 31.5 Å². The number of fused-ring (bicyclic) bond motifs is 5. The van der Waals surface area contributed by atoms with Crippen molar-refractivity contribution in [2.24, 2.45) is 5.92 Å². The fourth-order valence-corrected chi connectivity index (χ4v) is 11.1. The molecule has 0 saturated carbocycles. The highest BCUT2D eigenvalue weighted by molar-refractivity contribution is 8.07. The number of anilines is 1. The summed E-state index contributed by atoms with van der Waals surface area (Å²) in [7, 11) is -7.59. The van der Waals surface area contributed by atoms with Gasteiger partial charge in [0.1, 0.15) is 54.5 Å². The molecule has 3 saturated heterocycles. The number of H-pyrrole nitrogens is 1. The summed E-state index contributed by atoms with van der Waals surface area (Å²) in [5.41, 5.74) is 0.853. The van der Waals surface area contributed by atoms with Crippen LogP contribution in [0.4, 0.5) is 5.82 Å². The third-order valence-electron chi connectivity index (χ3n) is 11.4. The zero-order valence-corrected chi connectivity index (χ0v) is 37.3. The van der Waals surface area contributed by atoms with Crippen LogP contribution in [0.25, 0.3) is 22.2 Å². The van der Waals surface area contributed by atoms with Gasteiger partial charge in [-0.3, -0.25) is 27.7 Å². The van der Waals surface area contributed by atoms with Gasteiger partial charge >= 0.3 is 14.5 Å². The van der Waals surface area contributed by atoms with Crippen molar-refractivity contribution in [3.05, 3.63) is 77.0 Å². The minimum absolute atomic E-state index is 0.156. The average Bonchev–Trinajstić information content (AvgIpc) is 3.94. The SMILES string of the molecule is Cc1nc2c(ccn2[C@@H]2O[C@@H]3COP(=O)(O)O[C@@H]4C(C)[C@H](n5cnc6c(NC(=O)c7ccccc7)ncnc65)O[C@@H]4COP(O)(=S)O[C@H]2C3O[Si](C)(C)C(C)(C)C)c(=O)[nH]1. The summed E-state index contributed by atoms with van der Waals surface area (Å²) < 4.78 is 60.9. The predicted octanol–water partition coefficient (Wildman–Crippen LogP) is 5.08. The van der Waals surface area contributed by atoms with Gasteiger partial charge in [0, 0.05) is 17.7 Å². The van der Waals surface area contributed by atoms with Crippen molar-refractivity contribution in [3.63, 3.8) is 0 Å². The second kappa shape index (κ2) is 15.9. The number of rotatable bonds is 6. The van der Waals surface area contributed by atoms with E-state index in [0.717, 1.165) is 0 Å². The number of benzene rings is 1. The Morgan fingerprint density at radius 2 is 1.70 bits per heavy atom. The molecule has 8 rings (SSSR count). The van der Waals surface area contributed by atoms with Crippen LogP contribution in [-0.4, -0.2) is 102 Å². The Morgan fingerprint density at radius 1 is 0.983 bits per heavy atom. The van der Waals surface area contributed by atoms with E-state index < -0.39 is 90.9 Å². The average molecular weight is 905 g/mol. The zero-order chi connectivity index (χ0) is 42.9. The molecule has 4 aromatic heterocycles. The second-order valence-electron chi connectivity index (χ2n) is 16.5. The lowest BCUT2D eigenvalue weighted by molar-refractivity contribution is -0.0632. The van der Waals surface area contributed by atoms with Gasteiger partial charge in [0.2, 0.25) is 0 Å². The van der Waals surface area contributed by atoms with Crippen molar-refractivity contribution in [2.45, 2.75) is 95.7 Å². The lowest BCUT2D eigenvalue weighted by atomic mass is 10.0. The largest absolute Gasteiger partial charge is 0.472 e. The summed E-state index contributed by atoms with van der Waals surface area (Å²) in [6.45, 7) is 8.32. The van der Waals surface area contributed by atoms with Crippen LogP contribution >= 0.6 is 14.5 Å². The highest BCUT2D eigenvalue weighted by Gasteiger charge is 2.55. The molecule has 3 fully saturated rings. The molecular weight excluding hydrogens is 859 g/mol. The molecule has 5 aromatic rings. The minimum Gasteiger partial charge on any atom is -0.408 e. The Bertz CT molecular complexity index is 2590. The van der Waals surface area contributed by atoms with E-state index in [9.17, 15) is 23.9 Å². The number of imidazole rings is 1. The molecule has 0 aliphatic carbocycles. The van der Waals surface area contributed by atoms with Crippen molar-refractivity contribution in [2.75, 3.05) is 18.5 Å². The molecule has 4 unspecified atom stereocenters. The number of hydrogen-bond acceptors (Lipinski definition) is 15. The highest BCUT2D eigenvalue weighted by atomic mass is 32.5. The van der Waals surface area contributed by atoms with Crippen LogP contribution in [0.15, 0.2) is 60.0 Å². The smallest absolute Gasteiger partial charge is 0.408 e. The first-order chi connectivity index (χ1) is 28.2. The van der Waals surface area contributed by atoms with Crippen LogP contribution in [0.5, 0.6) is 0 Å². The third-order valence-corrected chi connectivity index (χ3v) is 18.4. The van der Waals surface area contributed by atoms with E-state index in [1.54, 1.807) is 65.6 Å². The molecule has 20 nitrogen and oxygen atoms in total. The zero-order valence-electron chi connectivity index (χ0n) is 33.7. The molecule has 24 heteroatoms. The summed E-state index contributed by atoms with van der Waals surface area (Å²) in [6.07, 6.45) is -3.31. The molecule has 7 heterocycles. The van der Waals surface area contributed by atoms with Crippen LogP contribution in [-0.2, 0) is 48.4 Å². The normalized spacial score (nSPS) is 31.7. The first-order valence-electron chi connectivity index (χ1n) is 19.1. The third kappa shape index (κ3) is 8.34. The molecule has 3 aliphatic rings. The quantitative estimate of drug-likeness (QED) is 0.128. The summed E-state index contributed by atoms with van der Waals surface area (Å²) in [5.74, 6) is -0.587. The van der Waals surface area contributed by atoms with Gasteiger partial charge in [-0.25, -0.2) is 24.5 Å². The van der Waals surface area contributed by atoms with Crippen molar-refractivity contribution in [1.29, 1.82) is 0 Å². The van der Waals surface area contributed by atoms with Gasteiger partial charge < -0.3 is 43.1 Å². The number of nitrogens with zero attached hydrogens (tertiary/aromatic N) is 6. The summed E-state index contributed by atoms with van der Waals surface area (Å²) in [4.78, 5) is 69.3. The molecule has 3 aliphatic heterocycles. The molecular formula is C36H46N8O12P2SSi. The van der Waals surface area contributed by atoms with E-state index in [-0.39, 0.29) is 38.6 Å². The number of ether oxygens (including phenoxy) is 2. The van der Waals surface area contributed by atoms with Gasteiger partial charge in [-0.2, -0.15) is 0 Å². The number of carbonyl (C=O) groups is 1. The lowest BCUT2D eigenvalue weighted by Crippen LogP contribution is -2.50. The Kier molecular flexibility index (Phi) is 11.4. The van der Waals surface area contributed by atoms with Gasteiger partial charge in [-0.05, 0) is 55.1 Å². The van der Waals surface area contributed by atoms with Gasteiger partial charge in [0.05, 0.1) is 24.9 Å². The number of hydrogen-bond donors (Lipinski definition) is 4. The Labute approximate surface area is 349 Å². The maximum absolute atomic E-state index is 13.9. The van der Waals surface area contributed by atoms with Crippen LogP contribution in [0.1, 0.15) is 56.3 Å². The summed E-state index contributed by atoms with van der Waals surface area (Å²) in [5, 5.41) is 2.73. The van der Waals surface area contributed by atoms with Gasteiger partial charge in [-0.1, -0.05) is 45.9 Å². The number of carbonyl (C=O) groups excluding carboxylic acids is 1. The predicted molar refractivity (Wildman–Crippen MR) is 222 cm³/mol. The number of phosphoric ester groups is 1. The summed E-state index contributed by atoms with van der Waals surface area (Å²) in [6, 6.07) is 10.2. The number of aromatic amines is 1. The Morgan fingerprint density at radius 3 is 2.43 bits per heavy atom. The number of amides is 1. The van der Waals surface area contributed by atoms with E-state index in [4.69, 9.17) is 43.8 Å². The molecule has 60 heavy (non-hydrogen) atoms. The molecule has 4 N–H and O–H groups in total. The molecule has 0 spiro atoms. The fraction of sp³-hybridized carbons (Fsp3) is 0.500. The first kappa shape index (κ1) is 43.1. The topological polar surface area (TPSA) is 246 Å². The second-order valence-corrected chi connectivity index (χ2v) is 25.4. The maximum atomic E-state index is 13.9. The van der Waals surface area contributed by atoms with Crippen LogP contribution < -0.4 is 10.9 Å². The van der Waals surface area contributed by atoms with Crippen molar-refractivity contribution in [3.8, 4) is 0 Å². The summed E-state index contributed by atoms with van der Waals surface area (Å²) >= 11 is 5.64. The van der Waals surface area contributed by atoms with Crippen LogP contribution in [0, 0.1) is 12.8 Å². The van der Waals surface area contributed by atoms with Crippen molar-refractivity contribution in [1.82, 2.24) is 34.1 Å². The van der Waals surface area contributed by atoms with Crippen LogP contribution in [0.3, 0.4) is 0 Å². The van der Waals surface area contributed by atoms with Crippen molar-refractivity contribution < 1.29 is 51.1 Å². The number of aromatic nitrogens is 7. The lowest BCUT2D eigenvalue weighted by Gasteiger charge is -2.40. The maximum Gasteiger partial charge on any atom is 0.472 e. The standard InChI is InChI=1S/C36H46N8O12P2SSi/c1-19-26-23(52-34(19)44-18-39-25-29(37-17-38-31(25)44)42-32(45)21-11-9-8-10-12-21)16-51-58(49,59)55-28-27(56-60(6,7)36(3,4)5)24(15-50-57(47,48)54-26)53-35(28)43-14-13-22-30(43)40-20(2)41-33(22)46/h8-14,17-19,23-24,26-28,34-35H,15-16H2,1-7H3,(H,47,48)(H,49,59)(H,40,41,46)(H,37,38,42,45)/t19?,23-,24-,26-,27?,28+,34-,35-,58?/m1/s1. The van der Waals surface area contributed by atoms with E-state index >= 15 is 0 Å². The van der Waals surface area contributed by atoms with E-state index in [1.165, 1.54) is 12.7 Å². The number of phosphoric acid groups is 1. The van der Waals surface area contributed by atoms with E-state index in [2.05, 4.69) is 30.2 Å². The first-order valence-corrected chi connectivity index (χ1v) is 26.1. The minimum atomic E-state index is -4.91.